The van der Waals surface area contributed by atoms with Gasteiger partial charge < -0.3 is 14.3 Å². The third-order valence-electron chi connectivity index (χ3n) is 4.81. The Labute approximate surface area is 156 Å². The van der Waals surface area contributed by atoms with Gasteiger partial charge in [0.05, 0.1) is 23.3 Å². The van der Waals surface area contributed by atoms with Crippen LogP contribution in [0.1, 0.15) is 28.7 Å². The molecule has 1 atom stereocenters. The van der Waals surface area contributed by atoms with Crippen LogP contribution >= 0.6 is 0 Å². The number of hydrogen-bond donors (Lipinski definition) is 1. The third-order valence-corrected chi connectivity index (χ3v) is 4.81. The van der Waals surface area contributed by atoms with Crippen LogP contribution < -0.4 is 4.90 Å². The number of rotatable bonds is 2. The van der Waals surface area contributed by atoms with E-state index < -0.39 is 17.8 Å². The van der Waals surface area contributed by atoms with Crippen molar-refractivity contribution in [2.45, 2.75) is 18.6 Å². The first-order valence-corrected chi connectivity index (χ1v) is 8.62. The smallest absolute Gasteiger partial charge is 0.348 e. The molecule has 0 aliphatic carbocycles. The van der Waals surface area contributed by atoms with Crippen molar-refractivity contribution in [3.8, 4) is 0 Å². The highest BCUT2D eigenvalue weighted by atomic mass is 19.4. The molecule has 0 aromatic carbocycles. The summed E-state index contributed by atoms with van der Waals surface area (Å²) in [4.78, 5) is 22.0. The first-order valence-electron chi connectivity index (χ1n) is 8.62. The molecule has 1 N–H and O–H groups in total. The minimum Gasteiger partial charge on any atom is -0.348 e. The number of nitrogens with one attached hydrogen (secondary N) is 1. The zero-order chi connectivity index (χ0) is 19.3. The summed E-state index contributed by atoms with van der Waals surface area (Å²) in [7, 11) is 0. The number of imidazole rings is 2. The Morgan fingerprint density at radius 1 is 1.11 bits per heavy atom. The lowest BCUT2D eigenvalue weighted by molar-refractivity contribution is -0.138. The SMILES string of the molecule is FC(F)(F)c1cnc(N2CCc3[nH]cnc3[C@H]2c2cn3ccccc3n2)nc1. The van der Waals surface area contributed by atoms with E-state index in [0.29, 0.717) is 13.0 Å². The van der Waals surface area contributed by atoms with Gasteiger partial charge in [0, 0.05) is 43.4 Å². The van der Waals surface area contributed by atoms with Crippen LogP contribution in [-0.4, -0.2) is 35.9 Å². The zero-order valence-electron chi connectivity index (χ0n) is 14.4. The quantitative estimate of drug-likeness (QED) is 0.574. The number of nitrogens with zero attached hydrogens (tertiary/aromatic N) is 6. The molecule has 0 spiro atoms. The molecule has 0 bridgehead atoms. The molecule has 0 fully saturated rings. The largest absolute Gasteiger partial charge is 0.419 e. The fourth-order valence-corrected chi connectivity index (χ4v) is 3.49. The van der Waals surface area contributed by atoms with Crippen molar-refractivity contribution in [1.29, 1.82) is 0 Å². The van der Waals surface area contributed by atoms with Crippen LogP contribution in [0.2, 0.25) is 0 Å². The molecule has 1 aliphatic rings. The average molecular weight is 385 g/mol. The molecule has 7 nitrogen and oxygen atoms in total. The molecule has 0 saturated heterocycles. The second-order valence-electron chi connectivity index (χ2n) is 6.51. The van der Waals surface area contributed by atoms with Crippen LogP contribution in [0.15, 0.2) is 49.3 Å². The van der Waals surface area contributed by atoms with Crippen LogP contribution in [0.4, 0.5) is 19.1 Å². The summed E-state index contributed by atoms with van der Waals surface area (Å²) in [6, 6.07) is 5.28. The van der Waals surface area contributed by atoms with E-state index >= 15 is 0 Å². The van der Waals surface area contributed by atoms with E-state index in [2.05, 4.69) is 24.9 Å². The lowest BCUT2D eigenvalue weighted by Crippen LogP contribution is -2.37. The van der Waals surface area contributed by atoms with E-state index in [1.807, 2.05) is 39.9 Å². The Morgan fingerprint density at radius 3 is 2.68 bits per heavy atom. The van der Waals surface area contributed by atoms with Gasteiger partial charge in [0.15, 0.2) is 0 Å². The predicted molar refractivity (Wildman–Crippen MR) is 93.7 cm³/mol. The van der Waals surface area contributed by atoms with E-state index in [4.69, 9.17) is 0 Å². The lowest BCUT2D eigenvalue weighted by atomic mass is 10.0. The van der Waals surface area contributed by atoms with Crippen molar-refractivity contribution < 1.29 is 13.2 Å². The van der Waals surface area contributed by atoms with Crippen LogP contribution in [-0.2, 0) is 12.6 Å². The maximum Gasteiger partial charge on any atom is 0.419 e. The minimum absolute atomic E-state index is 0.212. The van der Waals surface area contributed by atoms with Gasteiger partial charge >= 0.3 is 6.18 Å². The number of hydrogen-bond acceptors (Lipinski definition) is 5. The summed E-state index contributed by atoms with van der Waals surface area (Å²) >= 11 is 0. The Kier molecular flexibility index (Phi) is 3.61. The summed E-state index contributed by atoms with van der Waals surface area (Å²) in [6.45, 7) is 0.527. The van der Waals surface area contributed by atoms with E-state index in [1.165, 1.54) is 0 Å². The Hall–Kier alpha value is -3.43. The van der Waals surface area contributed by atoms with Gasteiger partial charge in [-0.1, -0.05) is 6.07 Å². The number of pyridine rings is 1. The fraction of sp³-hybridized carbons (Fsp3) is 0.222. The van der Waals surface area contributed by atoms with Crippen LogP contribution in [0.5, 0.6) is 0 Å². The molecule has 0 radical (unpaired) electrons. The lowest BCUT2D eigenvalue weighted by Gasteiger charge is -2.33. The van der Waals surface area contributed by atoms with Crippen molar-refractivity contribution >= 4 is 11.6 Å². The van der Waals surface area contributed by atoms with Gasteiger partial charge in [-0.05, 0) is 12.1 Å². The van der Waals surface area contributed by atoms with Crippen molar-refractivity contribution in [1.82, 2.24) is 29.3 Å². The molecule has 0 unspecified atom stereocenters. The van der Waals surface area contributed by atoms with Gasteiger partial charge in [-0.2, -0.15) is 13.2 Å². The van der Waals surface area contributed by atoms with E-state index in [1.54, 1.807) is 6.33 Å². The third kappa shape index (κ3) is 2.68. The number of halogens is 3. The molecule has 0 amide bonds. The standard InChI is InChI=1S/C18H14F3N7/c19-18(20,21)11-7-22-17(23-8-11)28-6-4-12-15(25-10-24-12)16(28)13-9-27-5-2-1-3-14(27)26-13/h1-3,5,7-10,16H,4,6H2,(H,24,25)/t16-/m1/s1. The Bertz CT molecular complexity index is 1100. The number of anilines is 1. The summed E-state index contributed by atoms with van der Waals surface area (Å²) in [5.41, 5.74) is 2.37. The summed E-state index contributed by atoms with van der Waals surface area (Å²) in [5.74, 6) is 0.212. The second kappa shape index (κ2) is 6.04. The molecular formula is C18H14F3N7. The first-order chi connectivity index (χ1) is 13.5. The zero-order valence-corrected chi connectivity index (χ0v) is 14.4. The highest BCUT2D eigenvalue weighted by Gasteiger charge is 2.36. The van der Waals surface area contributed by atoms with Gasteiger partial charge in [0.1, 0.15) is 11.7 Å². The van der Waals surface area contributed by atoms with Crippen LogP contribution in [0.25, 0.3) is 5.65 Å². The normalized spacial score (nSPS) is 17.1. The maximum absolute atomic E-state index is 12.9. The van der Waals surface area contributed by atoms with Crippen molar-refractivity contribution in [2.24, 2.45) is 0 Å². The summed E-state index contributed by atoms with van der Waals surface area (Å²) in [6.07, 6.45) is 3.19. The highest BCUT2D eigenvalue weighted by Crippen LogP contribution is 2.36. The minimum atomic E-state index is -4.48. The Morgan fingerprint density at radius 2 is 1.93 bits per heavy atom. The molecule has 4 aromatic heterocycles. The monoisotopic (exact) mass is 385 g/mol. The van der Waals surface area contributed by atoms with Gasteiger partial charge in [-0.3, -0.25) is 0 Å². The summed E-state index contributed by atoms with van der Waals surface area (Å²) in [5, 5.41) is 0. The van der Waals surface area contributed by atoms with Gasteiger partial charge in [-0.15, -0.1) is 0 Å². The maximum atomic E-state index is 12.9. The Balaban J connectivity index is 1.60. The van der Waals surface area contributed by atoms with Gasteiger partial charge in [0.25, 0.3) is 0 Å². The van der Waals surface area contributed by atoms with E-state index in [0.717, 1.165) is 35.1 Å². The molecule has 142 valence electrons. The van der Waals surface area contributed by atoms with E-state index in [9.17, 15) is 13.2 Å². The van der Waals surface area contributed by atoms with Gasteiger partial charge in [0.2, 0.25) is 5.95 Å². The molecule has 5 rings (SSSR count). The first kappa shape index (κ1) is 16.7. The summed E-state index contributed by atoms with van der Waals surface area (Å²) < 4.78 is 40.5. The molecule has 0 saturated carbocycles. The molecular weight excluding hydrogens is 371 g/mol. The molecule has 4 aromatic rings. The fourth-order valence-electron chi connectivity index (χ4n) is 3.49. The topological polar surface area (TPSA) is 75.0 Å². The molecule has 1 aliphatic heterocycles. The molecule has 28 heavy (non-hydrogen) atoms. The molecule has 5 heterocycles. The number of aromatic amines is 1. The predicted octanol–water partition coefficient (Wildman–Crippen LogP) is 3.02. The highest BCUT2D eigenvalue weighted by molar-refractivity contribution is 5.48. The van der Waals surface area contributed by atoms with Crippen molar-refractivity contribution in [3.05, 3.63) is 72.0 Å². The van der Waals surface area contributed by atoms with Crippen LogP contribution in [0, 0.1) is 0 Å². The van der Waals surface area contributed by atoms with Gasteiger partial charge in [-0.25, -0.2) is 19.9 Å². The number of alkyl halides is 3. The molecule has 10 heteroatoms. The second-order valence-corrected chi connectivity index (χ2v) is 6.51. The number of aromatic nitrogens is 6. The average Bonchev–Trinajstić information content (AvgIpc) is 3.33. The van der Waals surface area contributed by atoms with Crippen molar-refractivity contribution in [3.63, 3.8) is 0 Å². The van der Waals surface area contributed by atoms with E-state index in [-0.39, 0.29) is 5.95 Å². The number of H-pyrrole nitrogens is 1. The van der Waals surface area contributed by atoms with Crippen molar-refractivity contribution in [2.75, 3.05) is 11.4 Å². The number of fused-ring (bicyclic) bond motifs is 2. The van der Waals surface area contributed by atoms with Crippen LogP contribution in [0.3, 0.4) is 0 Å².